The fourth-order valence-corrected chi connectivity index (χ4v) is 4.11. The average molecular weight is 403 g/mol. The number of benzene rings is 1. The van der Waals surface area contributed by atoms with Crippen molar-refractivity contribution in [3.63, 3.8) is 0 Å². The fourth-order valence-electron chi connectivity index (χ4n) is 3.95. The molecule has 1 aliphatic rings. The Balaban J connectivity index is 1.83. The summed E-state index contributed by atoms with van der Waals surface area (Å²) < 4.78 is 6.22. The zero-order valence-corrected chi connectivity index (χ0v) is 17.7. The second-order valence-corrected chi connectivity index (χ2v) is 7.63. The zero-order chi connectivity index (χ0) is 20.1. The lowest BCUT2D eigenvalue weighted by Crippen LogP contribution is -2.49. The summed E-state index contributed by atoms with van der Waals surface area (Å²) in [5.74, 6) is -0.148. The first-order valence-corrected chi connectivity index (χ1v) is 10.5. The van der Waals surface area contributed by atoms with Crippen LogP contribution in [0.5, 0.6) is 0 Å². The molecule has 1 aromatic carbocycles. The van der Waals surface area contributed by atoms with Crippen LogP contribution in [-0.2, 0) is 28.0 Å². The molecule has 1 aliphatic heterocycles. The molecule has 152 valence electrons. The van der Waals surface area contributed by atoms with Gasteiger partial charge in [0.1, 0.15) is 5.60 Å². The van der Waals surface area contributed by atoms with Gasteiger partial charge in [0.25, 0.3) is 0 Å². The van der Waals surface area contributed by atoms with Crippen molar-refractivity contribution < 1.29 is 9.53 Å². The average Bonchev–Trinajstić information content (AvgIpc) is 3.11. The number of carbonyl (C=O) groups excluding carboxylic acids is 1. The molecule has 0 saturated carbocycles. The van der Waals surface area contributed by atoms with Crippen LogP contribution in [0.2, 0.25) is 0 Å². The Morgan fingerprint density at radius 3 is 2.82 bits per heavy atom. The van der Waals surface area contributed by atoms with Crippen LogP contribution in [0.25, 0.3) is 10.9 Å². The van der Waals surface area contributed by atoms with E-state index in [1.165, 1.54) is 22.0 Å². The molecule has 6 nitrogen and oxygen atoms in total. The predicted octanol–water partition coefficient (Wildman–Crippen LogP) is 3.20. The van der Waals surface area contributed by atoms with Crippen molar-refractivity contribution in [1.82, 2.24) is 21.2 Å². The monoisotopic (exact) mass is 402 g/mol. The van der Waals surface area contributed by atoms with Crippen molar-refractivity contribution in [2.45, 2.75) is 58.5 Å². The first kappa shape index (κ1) is 20.6. The summed E-state index contributed by atoms with van der Waals surface area (Å²) in [5, 5.41) is 4.70. The Morgan fingerprint density at radius 2 is 2.11 bits per heavy atom. The number of nitrogens with one attached hydrogen (secondary N) is 4. The summed E-state index contributed by atoms with van der Waals surface area (Å²) in [6, 6.07) is 6.42. The lowest BCUT2D eigenvalue weighted by Gasteiger charge is -2.36. The van der Waals surface area contributed by atoms with E-state index in [0.29, 0.717) is 18.1 Å². The van der Waals surface area contributed by atoms with Gasteiger partial charge >= 0.3 is 0 Å². The van der Waals surface area contributed by atoms with Crippen LogP contribution in [0, 0.1) is 0 Å². The molecule has 1 atom stereocenters. The third kappa shape index (κ3) is 4.00. The smallest absolute Gasteiger partial charge is 0.241 e. The molecule has 7 heteroatoms. The Bertz CT molecular complexity index is 863. The maximum atomic E-state index is 12.6. The molecule has 0 aliphatic carbocycles. The SMILES string of the molecule is CCCNC(=S)NNC(=O)CC1(CC)OCCc2c1[nH]c1c(CC)cccc21. The van der Waals surface area contributed by atoms with E-state index in [-0.39, 0.29) is 12.3 Å². The summed E-state index contributed by atoms with van der Waals surface area (Å²) in [4.78, 5) is 16.3. The van der Waals surface area contributed by atoms with Gasteiger partial charge in [-0.3, -0.25) is 15.6 Å². The molecule has 1 unspecified atom stereocenters. The van der Waals surface area contributed by atoms with Gasteiger partial charge in [-0.1, -0.05) is 39.0 Å². The van der Waals surface area contributed by atoms with E-state index in [9.17, 15) is 4.79 Å². The number of carbonyl (C=O) groups is 1. The molecule has 0 radical (unpaired) electrons. The minimum Gasteiger partial charge on any atom is -0.368 e. The number of para-hydroxylation sites is 1. The summed E-state index contributed by atoms with van der Waals surface area (Å²) in [6.45, 7) is 7.66. The molecule has 28 heavy (non-hydrogen) atoms. The maximum absolute atomic E-state index is 12.6. The predicted molar refractivity (Wildman–Crippen MR) is 116 cm³/mol. The molecule has 1 amide bonds. The number of rotatable bonds is 6. The van der Waals surface area contributed by atoms with E-state index < -0.39 is 5.60 Å². The number of ether oxygens (including phenoxy) is 1. The van der Waals surface area contributed by atoms with Gasteiger partial charge in [0, 0.05) is 17.4 Å². The van der Waals surface area contributed by atoms with E-state index in [2.05, 4.69) is 60.1 Å². The molecule has 0 saturated heterocycles. The first-order chi connectivity index (χ1) is 13.5. The summed E-state index contributed by atoms with van der Waals surface area (Å²) in [7, 11) is 0. The Morgan fingerprint density at radius 1 is 1.29 bits per heavy atom. The van der Waals surface area contributed by atoms with Crippen LogP contribution >= 0.6 is 12.2 Å². The molecule has 4 N–H and O–H groups in total. The number of H-pyrrole nitrogens is 1. The van der Waals surface area contributed by atoms with Gasteiger partial charge < -0.3 is 15.0 Å². The number of aromatic nitrogens is 1. The molecular formula is C21H30N4O2S. The van der Waals surface area contributed by atoms with Crippen molar-refractivity contribution in [2.24, 2.45) is 0 Å². The van der Waals surface area contributed by atoms with Crippen molar-refractivity contribution in [1.29, 1.82) is 0 Å². The molecule has 2 heterocycles. The third-order valence-electron chi connectivity index (χ3n) is 5.46. The van der Waals surface area contributed by atoms with Crippen molar-refractivity contribution in [3.8, 4) is 0 Å². The van der Waals surface area contributed by atoms with E-state index in [0.717, 1.165) is 31.5 Å². The standard InChI is InChI=1S/C21H30N4O2S/c1-4-11-22-20(28)25-24-17(26)13-21(6-3)19-16(10-12-27-21)15-9-7-8-14(5-2)18(15)23-19/h7-9,23H,4-6,10-13H2,1-3H3,(H,24,26)(H2,22,25,28). The zero-order valence-electron chi connectivity index (χ0n) is 16.9. The molecular weight excluding hydrogens is 372 g/mol. The normalized spacial score (nSPS) is 18.5. The number of hydrogen-bond acceptors (Lipinski definition) is 3. The lowest BCUT2D eigenvalue weighted by molar-refractivity contribution is -0.133. The maximum Gasteiger partial charge on any atom is 0.241 e. The van der Waals surface area contributed by atoms with Crippen LogP contribution in [0.15, 0.2) is 18.2 Å². The topological polar surface area (TPSA) is 78.2 Å². The Kier molecular flexibility index (Phi) is 6.57. The highest BCUT2D eigenvalue weighted by atomic mass is 32.1. The molecule has 0 bridgehead atoms. The quantitative estimate of drug-likeness (QED) is 0.441. The van der Waals surface area contributed by atoms with Crippen LogP contribution in [0.1, 0.15) is 56.9 Å². The van der Waals surface area contributed by atoms with Crippen LogP contribution in [0.4, 0.5) is 0 Å². The number of aromatic amines is 1. The van der Waals surface area contributed by atoms with Crippen LogP contribution in [0.3, 0.4) is 0 Å². The number of thiocarbonyl (C=S) groups is 1. The van der Waals surface area contributed by atoms with Gasteiger partial charge in [0.05, 0.1) is 18.7 Å². The highest BCUT2D eigenvalue weighted by Crippen LogP contribution is 2.42. The first-order valence-electron chi connectivity index (χ1n) is 10.1. The second kappa shape index (κ2) is 8.92. The molecule has 3 rings (SSSR count). The molecule has 1 aromatic heterocycles. The van der Waals surface area contributed by atoms with Gasteiger partial charge in [-0.05, 0) is 49.0 Å². The van der Waals surface area contributed by atoms with Gasteiger partial charge in [-0.25, -0.2) is 0 Å². The fraction of sp³-hybridized carbons (Fsp3) is 0.524. The van der Waals surface area contributed by atoms with Crippen LogP contribution in [-0.4, -0.2) is 29.2 Å². The van der Waals surface area contributed by atoms with E-state index in [1.54, 1.807) is 0 Å². The number of hydrazine groups is 1. The van der Waals surface area contributed by atoms with Gasteiger partial charge in [0.15, 0.2) is 5.11 Å². The Hall–Kier alpha value is -2.12. The van der Waals surface area contributed by atoms with Crippen molar-refractivity contribution >= 4 is 34.1 Å². The number of aryl methyl sites for hydroxylation is 1. The van der Waals surface area contributed by atoms with Crippen LogP contribution < -0.4 is 16.2 Å². The van der Waals surface area contributed by atoms with E-state index >= 15 is 0 Å². The largest absolute Gasteiger partial charge is 0.368 e. The summed E-state index contributed by atoms with van der Waals surface area (Å²) >= 11 is 5.16. The van der Waals surface area contributed by atoms with Gasteiger partial charge in [-0.15, -0.1) is 0 Å². The lowest BCUT2D eigenvalue weighted by atomic mass is 9.86. The molecule has 0 spiro atoms. The van der Waals surface area contributed by atoms with Gasteiger partial charge in [0.2, 0.25) is 5.91 Å². The Labute approximate surface area is 171 Å². The third-order valence-corrected chi connectivity index (χ3v) is 5.71. The minimum absolute atomic E-state index is 0.148. The number of hydrogen-bond donors (Lipinski definition) is 4. The van der Waals surface area contributed by atoms with Crippen molar-refractivity contribution in [3.05, 3.63) is 35.0 Å². The summed E-state index contributed by atoms with van der Waals surface area (Å²) in [6.07, 6.45) is 3.72. The minimum atomic E-state index is -0.651. The summed E-state index contributed by atoms with van der Waals surface area (Å²) in [5.41, 5.74) is 9.59. The number of fused-ring (bicyclic) bond motifs is 3. The number of amides is 1. The second-order valence-electron chi connectivity index (χ2n) is 7.22. The highest BCUT2D eigenvalue weighted by Gasteiger charge is 2.40. The van der Waals surface area contributed by atoms with E-state index in [1.807, 2.05) is 0 Å². The molecule has 2 aromatic rings. The van der Waals surface area contributed by atoms with Crippen molar-refractivity contribution in [2.75, 3.05) is 13.2 Å². The van der Waals surface area contributed by atoms with Gasteiger partial charge in [-0.2, -0.15) is 0 Å². The highest BCUT2D eigenvalue weighted by molar-refractivity contribution is 7.80. The molecule has 0 fully saturated rings. The van der Waals surface area contributed by atoms with E-state index in [4.69, 9.17) is 17.0 Å².